The van der Waals surface area contributed by atoms with Crippen molar-refractivity contribution >= 4 is 23.5 Å². The lowest BCUT2D eigenvalue weighted by Crippen LogP contribution is -2.36. The van der Waals surface area contributed by atoms with Crippen molar-refractivity contribution in [1.82, 2.24) is 9.78 Å². The lowest BCUT2D eigenvalue weighted by atomic mass is 9.94. The zero-order chi connectivity index (χ0) is 23.7. The van der Waals surface area contributed by atoms with Gasteiger partial charge >= 0.3 is 0 Å². The summed E-state index contributed by atoms with van der Waals surface area (Å²) in [7, 11) is 0. The number of fused-ring (bicyclic) bond motifs is 1. The predicted molar refractivity (Wildman–Crippen MR) is 135 cm³/mol. The summed E-state index contributed by atoms with van der Waals surface area (Å²) in [4.78, 5) is 12.7. The van der Waals surface area contributed by atoms with Crippen LogP contribution < -0.4 is 10.1 Å². The molecule has 6 nitrogen and oxygen atoms in total. The number of aryl methyl sites for hydroxylation is 1. The van der Waals surface area contributed by atoms with E-state index >= 15 is 0 Å². The Bertz CT molecular complexity index is 1160. The molecular weight excluding hydrogens is 446 g/mol. The van der Waals surface area contributed by atoms with E-state index in [0.717, 1.165) is 46.8 Å². The normalized spacial score (nSPS) is 21.9. The number of aromatic nitrogens is 2. The number of amides is 1. The van der Waals surface area contributed by atoms with E-state index in [1.165, 1.54) is 0 Å². The molecule has 1 saturated heterocycles. The largest absolute Gasteiger partial charge is 0.489 e. The molecule has 5 rings (SSSR count). The van der Waals surface area contributed by atoms with Crippen LogP contribution in [0.15, 0.2) is 54.6 Å². The molecule has 2 aromatic carbocycles. The number of thioether (sulfide) groups is 1. The highest BCUT2D eigenvalue weighted by molar-refractivity contribution is 8.00. The number of nitrogens with zero attached hydrogens (tertiary/aromatic N) is 2. The summed E-state index contributed by atoms with van der Waals surface area (Å²) in [6, 6.07) is 18.6. The predicted octanol–water partition coefficient (Wildman–Crippen LogP) is 5.68. The molecule has 2 aliphatic rings. The second kappa shape index (κ2) is 9.47. The van der Waals surface area contributed by atoms with E-state index in [1.54, 1.807) is 11.8 Å². The summed E-state index contributed by atoms with van der Waals surface area (Å²) in [6.07, 6.45) is 1.75. The van der Waals surface area contributed by atoms with Gasteiger partial charge in [-0.2, -0.15) is 5.10 Å². The number of ether oxygens (including phenoxy) is 2. The first kappa shape index (κ1) is 23.0. The fraction of sp³-hybridized carbons (Fsp3) is 0.407. The molecular formula is C27H31N3O3S. The fourth-order valence-corrected chi connectivity index (χ4v) is 6.01. The van der Waals surface area contributed by atoms with Gasteiger partial charge in [0.1, 0.15) is 18.2 Å². The average molecular weight is 478 g/mol. The molecule has 1 N–H and O–H groups in total. The van der Waals surface area contributed by atoms with Crippen LogP contribution >= 0.6 is 11.8 Å². The molecule has 0 radical (unpaired) electrons. The van der Waals surface area contributed by atoms with E-state index < -0.39 is 0 Å². The van der Waals surface area contributed by atoms with Gasteiger partial charge in [0, 0.05) is 12.2 Å². The van der Waals surface area contributed by atoms with E-state index in [-0.39, 0.29) is 22.8 Å². The first-order chi connectivity index (χ1) is 16.4. The SMILES string of the molecule is Cc1nn([C@@H]2CCOC(C)(C)C2)c2c1[C@@H](c1ccc(OCc3ccccc3)cc1)SCC(=O)N2. The van der Waals surface area contributed by atoms with Gasteiger partial charge in [0.15, 0.2) is 0 Å². The van der Waals surface area contributed by atoms with Gasteiger partial charge in [-0.05, 0) is 56.9 Å². The lowest BCUT2D eigenvalue weighted by molar-refractivity contribution is -0.113. The highest BCUT2D eigenvalue weighted by Gasteiger charge is 2.36. The molecule has 2 aliphatic heterocycles. The average Bonchev–Trinajstić information content (AvgIpc) is 3.03. The number of carbonyl (C=O) groups excluding carboxylic acids is 1. The third kappa shape index (κ3) is 4.86. The summed E-state index contributed by atoms with van der Waals surface area (Å²) < 4.78 is 13.9. The van der Waals surface area contributed by atoms with Crippen LogP contribution in [0.5, 0.6) is 5.75 Å². The molecule has 0 spiro atoms. The topological polar surface area (TPSA) is 65.4 Å². The Hall–Kier alpha value is -2.77. The molecule has 0 unspecified atom stereocenters. The van der Waals surface area contributed by atoms with Crippen molar-refractivity contribution in [1.29, 1.82) is 0 Å². The molecule has 3 heterocycles. The first-order valence-electron chi connectivity index (χ1n) is 11.8. The molecule has 34 heavy (non-hydrogen) atoms. The maximum absolute atomic E-state index is 12.7. The Morgan fingerprint density at radius 2 is 1.94 bits per heavy atom. The van der Waals surface area contributed by atoms with Crippen LogP contribution in [-0.2, 0) is 16.1 Å². The highest BCUT2D eigenvalue weighted by atomic mass is 32.2. The molecule has 0 saturated carbocycles. The van der Waals surface area contributed by atoms with Crippen molar-refractivity contribution < 1.29 is 14.3 Å². The number of carbonyl (C=O) groups is 1. The molecule has 1 fully saturated rings. The molecule has 1 amide bonds. The minimum atomic E-state index is -0.200. The summed E-state index contributed by atoms with van der Waals surface area (Å²) in [5, 5.41) is 8.11. The maximum atomic E-state index is 12.7. The first-order valence-corrected chi connectivity index (χ1v) is 12.9. The molecule has 3 aromatic rings. The van der Waals surface area contributed by atoms with Crippen molar-refractivity contribution in [2.24, 2.45) is 0 Å². The molecule has 2 atom stereocenters. The van der Waals surface area contributed by atoms with Gasteiger partial charge in [0.2, 0.25) is 5.91 Å². The second-order valence-corrected chi connectivity index (χ2v) is 10.7. The van der Waals surface area contributed by atoms with Crippen LogP contribution in [0.25, 0.3) is 0 Å². The van der Waals surface area contributed by atoms with E-state index in [9.17, 15) is 4.79 Å². The zero-order valence-corrected chi connectivity index (χ0v) is 20.7. The Labute approximate surface area is 205 Å². The number of benzene rings is 2. The van der Waals surface area contributed by atoms with Crippen LogP contribution in [0.1, 0.15) is 60.4 Å². The monoisotopic (exact) mass is 477 g/mol. The minimum Gasteiger partial charge on any atom is -0.489 e. The Kier molecular flexibility index (Phi) is 6.40. The van der Waals surface area contributed by atoms with Gasteiger partial charge in [0.25, 0.3) is 0 Å². The van der Waals surface area contributed by atoms with Gasteiger partial charge in [0.05, 0.1) is 28.3 Å². The quantitative estimate of drug-likeness (QED) is 0.513. The Morgan fingerprint density at radius 3 is 2.68 bits per heavy atom. The van der Waals surface area contributed by atoms with Gasteiger partial charge in [-0.25, -0.2) is 4.68 Å². The van der Waals surface area contributed by atoms with E-state index in [2.05, 4.69) is 43.4 Å². The standard InChI is InChI=1S/C27H31N3O3S/c1-18-24-25(20-9-11-22(12-10-20)32-16-19-7-5-4-6-8-19)34-17-23(31)28-26(24)30(29-18)21-13-14-33-27(2,3)15-21/h4-12,21,25H,13-17H2,1-3H3,(H,28,31)/t21-,25-/m1/s1. The summed E-state index contributed by atoms with van der Waals surface area (Å²) in [5.41, 5.74) is 4.14. The minimum absolute atomic E-state index is 0.0176. The summed E-state index contributed by atoms with van der Waals surface area (Å²) >= 11 is 1.65. The second-order valence-electron chi connectivity index (χ2n) is 9.63. The van der Waals surface area contributed by atoms with Gasteiger partial charge < -0.3 is 14.8 Å². The van der Waals surface area contributed by atoms with Crippen LogP contribution in [-0.4, -0.2) is 33.6 Å². The number of rotatable bonds is 5. The molecule has 0 aliphatic carbocycles. The van der Waals surface area contributed by atoms with E-state index in [1.807, 2.05) is 41.9 Å². The number of hydrogen-bond acceptors (Lipinski definition) is 5. The smallest absolute Gasteiger partial charge is 0.235 e. The number of nitrogens with one attached hydrogen (secondary N) is 1. The third-order valence-corrected chi connectivity index (χ3v) is 7.75. The number of anilines is 1. The van der Waals surface area contributed by atoms with E-state index in [4.69, 9.17) is 14.6 Å². The number of hydrogen-bond donors (Lipinski definition) is 1. The summed E-state index contributed by atoms with van der Waals surface area (Å²) in [6.45, 7) is 7.51. The zero-order valence-electron chi connectivity index (χ0n) is 19.9. The van der Waals surface area contributed by atoms with Crippen molar-refractivity contribution in [2.75, 3.05) is 17.7 Å². The molecule has 1 aromatic heterocycles. The third-order valence-electron chi connectivity index (χ3n) is 6.48. The lowest BCUT2D eigenvalue weighted by Gasteiger charge is -2.36. The molecule has 0 bridgehead atoms. The van der Waals surface area contributed by atoms with Crippen LogP contribution in [0, 0.1) is 6.92 Å². The van der Waals surface area contributed by atoms with Crippen LogP contribution in [0.2, 0.25) is 0 Å². The fourth-order valence-electron chi connectivity index (χ4n) is 4.82. The van der Waals surface area contributed by atoms with Crippen molar-refractivity contribution in [3.05, 3.63) is 77.0 Å². The van der Waals surface area contributed by atoms with Crippen molar-refractivity contribution in [2.45, 2.75) is 57.1 Å². The molecule has 7 heteroatoms. The van der Waals surface area contributed by atoms with Crippen molar-refractivity contribution in [3.63, 3.8) is 0 Å². The van der Waals surface area contributed by atoms with Gasteiger partial charge in [-0.1, -0.05) is 42.5 Å². The highest BCUT2D eigenvalue weighted by Crippen LogP contribution is 2.45. The maximum Gasteiger partial charge on any atom is 0.235 e. The van der Waals surface area contributed by atoms with Gasteiger partial charge in [-0.15, -0.1) is 11.8 Å². The van der Waals surface area contributed by atoms with Crippen LogP contribution in [0.3, 0.4) is 0 Å². The van der Waals surface area contributed by atoms with Gasteiger partial charge in [-0.3, -0.25) is 4.79 Å². The van der Waals surface area contributed by atoms with Crippen LogP contribution in [0.4, 0.5) is 5.82 Å². The Balaban J connectivity index is 1.41. The van der Waals surface area contributed by atoms with E-state index in [0.29, 0.717) is 19.0 Å². The van der Waals surface area contributed by atoms with Crippen molar-refractivity contribution in [3.8, 4) is 5.75 Å². The molecule has 178 valence electrons. The Morgan fingerprint density at radius 1 is 1.18 bits per heavy atom. The summed E-state index contributed by atoms with van der Waals surface area (Å²) in [5.74, 6) is 2.09.